The van der Waals surface area contributed by atoms with Crippen molar-refractivity contribution in [3.05, 3.63) is 90.4 Å². The number of hydrogen-bond acceptors (Lipinski definition) is 5. The number of carbonyl (C=O) groups is 1. The zero-order valence-electron chi connectivity index (χ0n) is 17.6. The Labute approximate surface area is 185 Å². The largest absolute Gasteiger partial charge is 0.497 e. The minimum absolute atomic E-state index is 0.169. The van der Waals surface area contributed by atoms with Crippen molar-refractivity contribution in [1.29, 1.82) is 0 Å². The number of methoxy groups -OCH3 is 1. The van der Waals surface area contributed by atoms with Gasteiger partial charge in [0.1, 0.15) is 17.5 Å². The molecule has 0 saturated carbocycles. The molecule has 2 aromatic carbocycles. The maximum atomic E-state index is 13.2. The average molecular weight is 426 g/mol. The van der Waals surface area contributed by atoms with E-state index in [2.05, 4.69) is 15.5 Å². The Morgan fingerprint density at radius 3 is 2.69 bits per heavy atom. The summed E-state index contributed by atoms with van der Waals surface area (Å²) in [6.07, 6.45) is 3.88. The Balaban J connectivity index is 1.35. The monoisotopic (exact) mass is 426 g/mol. The van der Waals surface area contributed by atoms with E-state index in [1.165, 1.54) is 0 Å². The molecule has 7 heteroatoms. The van der Waals surface area contributed by atoms with Gasteiger partial charge in [-0.2, -0.15) is 0 Å². The summed E-state index contributed by atoms with van der Waals surface area (Å²) in [5.41, 5.74) is 4.25. The molecule has 160 valence electrons. The lowest BCUT2D eigenvalue weighted by atomic mass is 10.1. The van der Waals surface area contributed by atoms with Crippen LogP contribution < -0.4 is 10.1 Å². The first kappa shape index (κ1) is 19.8. The van der Waals surface area contributed by atoms with Gasteiger partial charge in [-0.3, -0.25) is 9.78 Å². The second kappa shape index (κ2) is 8.55. The number of hydrogen-bond donors (Lipinski definition) is 1. The van der Waals surface area contributed by atoms with Crippen molar-refractivity contribution in [2.24, 2.45) is 5.16 Å². The molecule has 0 radical (unpaired) electrons. The maximum Gasteiger partial charge on any atom is 0.268 e. The first-order valence-electron chi connectivity index (χ1n) is 10.4. The van der Waals surface area contributed by atoms with Crippen LogP contribution in [0.1, 0.15) is 22.5 Å². The van der Waals surface area contributed by atoms with Crippen LogP contribution in [0.2, 0.25) is 0 Å². The van der Waals surface area contributed by atoms with Crippen LogP contribution in [0.3, 0.4) is 0 Å². The molecule has 32 heavy (non-hydrogen) atoms. The number of nitrogens with one attached hydrogen (secondary N) is 1. The van der Waals surface area contributed by atoms with E-state index in [9.17, 15) is 4.79 Å². The number of amides is 1. The van der Waals surface area contributed by atoms with E-state index in [1.807, 2.05) is 71.3 Å². The van der Waals surface area contributed by atoms with Crippen molar-refractivity contribution in [1.82, 2.24) is 14.9 Å². The number of benzene rings is 2. The fourth-order valence-corrected chi connectivity index (χ4v) is 3.88. The third-order valence-electron chi connectivity index (χ3n) is 5.51. The predicted octanol–water partition coefficient (Wildman–Crippen LogP) is 3.96. The maximum absolute atomic E-state index is 13.2. The van der Waals surface area contributed by atoms with Crippen LogP contribution >= 0.6 is 0 Å². The van der Waals surface area contributed by atoms with Gasteiger partial charge in [-0.05, 0) is 48.5 Å². The van der Waals surface area contributed by atoms with Gasteiger partial charge in [0.15, 0.2) is 0 Å². The second-order valence-corrected chi connectivity index (χ2v) is 7.54. The minimum atomic E-state index is -0.207. The van der Waals surface area contributed by atoms with Crippen molar-refractivity contribution in [2.75, 3.05) is 13.7 Å². The summed E-state index contributed by atoms with van der Waals surface area (Å²) < 4.78 is 7.23. The van der Waals surface area contributed by atoms with Crippen molar-refractivity contribution < 1.29 is 14.4 Å². The number of oxime groups is 1. The van der Waals surface area contributed by atoms with Crippen molar-refractivity contribution in [3.8, 4) is 11.4 Å². The fraction of sp³-hybridized carbons (Fsp3) is 0.160. The number of para-hydroxylation sites is 1. The van der Waals surface area contributed by atoms with Gasteiger partial charge in [-0.25, -0.2) is 0 Å². The van der Waals surface area contributed by atoms with Crippen LogP contribution in [0.5, 0.6) is 5.75 Å². The highest BCUT2D eigenvalue weighted by molar-refractivity contribution is 6.02. The van der Waals surface area contributed by atoms with Crippen molar-refractivity contribution >= 4 is 22.5 Å². The Morgan fingerprint density at radius 2 is 1.91 bits per heavy atom. The molecule has 0 saturated heterocycles. The first-order chi connectivity index (χ1) is 15.7. The second-order valence-electron chi connectivity index (χ2n) is 7.54. The Bertz CT molecular complexity index is 1280. The summed E-state index contributed by atoms with van der Waals surface area (Å²) in [5.74, 6) is 0.595. The summed E-state index contributed by atoms with van der Waals surface area (Å²) in [6, 6.07) is 21.3. The highest BCUT2D eigenvalue weighted by atomic mass is 16.6. The van der Waals surface area contributed by atoms with E-state index in [-0.39, 0.29) is 12.0 Å². The Hall–Kier alpha value is -4.13. The number of pyridine rings is 1. The molecule has 1 amide bonds. The summed E-state index contributed by atoms with van der Waals surface area (Å²) in [6.45, 7) is 0.362. The molecule has 1 aliphatic rings. The van der Waals surface area contributed by atoms with Crippen LogP contribution in [0.15, 0.2) is 84.3 Å². The van der Waals surface area contributed by atoms with E-state index < -0.39 is 0 Å². The van der Waals surface area contributed by atoms with Crippen LogP contribution in [-0.2, 0) is 4.84 Å². The molecule has 1 aliphatic heterocycles. The molecule has 0 spiro atoms. The van der Waals surface area contributed by atoms with E-state index in [1.54, 1.807) is 19.5 Å². The zero-order valence-corrected chi connectivity index (χ0v) is 17.6. The number of carbonyl (C=O) groups excluding carboxylic acids is 1. The molecule has 1 atom stereocenters. The number of fused-ring (bicyclic) bond motifs is 1. The molecule has 0 bridgehead atoms. The lowest BCUT2D eigenvalue weighted by Gasteiger charge is -2.13. The third kappa shape index (κ3) is 3.80. The third-order valence-corrected chi connectivity index (χ3v) is 5.51. The normalized spacial score (nSPS) is 15.3. The lowest BCUT2D eigenvalue weighted by molar-refractivity contribution is 0.0750. The Morgan fingerprint density at radius 1 is 1.12 bits per heavy atom. The average Bonchev–Trinajstić information content (AvgIpc) is 3.48. The van der Waals surface area contributed by atoms with Gasteiger partial charge in [-0.1, -0.05) is 23.4 Å². The van der Waals surface area contributed by atoms with Gasteiger partial charge in [0.05, 0.1) is 24.9 Å². The topological polar surface area (TPSA) is 77.7 Å². The van der Waals surface area contributed by atoms with Gasteiger partial charge < -0.3 is 19.5 Å². The smallest absolute Gasteiger partial charge is 0.268 e. The van der Waals surface area contributed by atoms with Gasteiger partial charge in [0, 0.05) is 35.5 Å². The van der Waals surface area contributed by atoms with Crippen LogP contribution in [0, 0.1) is 0 Å². The molecule has 7 nitrogen and oxygen atoms in total. The molecule has 1 unspecified atom stereocenters. The minimum Gasteiger partial charge on any atom is -0.497 e. The molecule has 0 fully saturated rings. The van der Waals surface area contributed by atoms with Crippen LogP contribution in [0.25, 0.3) is 16.6 Å². The fourth-order valence-electron chi connectivity index (χ4n) is 3.88. The summed E-state index contributed by atoms with van der Waals surface area (Å²) >= 11 is 0. The van der Waals surface area contributed by atoms with E-state index in [4.69, 9.17) is 9.57 Å². The predicted molar refractivity (Wildman–Crippen MR) is 122 cm³/mol. The molecular formula is C25H22N4O3. The van der Waals surface area contributed by atoms with Gasteiger partial charge >= 0.3 is 0 Å². The highest BCUT2D eigenvalue weighted by Gasteiger charge is 2.24. The lowest BCUT2D eigenvalue weighted by Crippen LogP contribution is -2.33. The molecule has 3 heterocycles. The van der Waals surface area contributed by atoms with E-state index >= 15 is 0 Å². The van der Waals surface area contributed by atoms with Crippen LogP contribution in [0.4, 0.5) is 0 Å². The number of ether oxygens (including phenoxy) is 1. The number of nitrogens with zero attached hydrogens (tertiary/aromatic N) is 3. The van der Waals surface area contributed by atoms with Crippen LogP contribution in [-0.4, -0.2) is 40.9 Å². The molecule has 5 rings (SSSR count). The standard InChI is InChI=1S/C25H22N4O3/c1-31-20-8-6-19(7-9-20)29-23-5-3-2-4-18(23)14-24(29)25(30)27-16-21-15-22(28-32-21)17-10-12-26-13-11-17/h2-14,21H,15-16H2,1H3,(H,27,30). The summed E-state index contributed by atoms with van der Waals surface area (Å²) in [5, 5.41) is 8.18. The zero-order chi connectivity index (χ0) is 21.9. The number of aromatic nitrogens is 2. The first-order valence-corrected chi connectivity index (χ1v) is 10.4. The molecule has 2 aromatic heterocycles. The summed E-state index contributed by atoms with van der Waals surface area (Å²) in [7, 11) is 1.63. The van der Waals surface area contributed by atoms with E-state index in [0.29, 0.717) is 18.7 Å². The van der Waals surface area contributed by atoms with Gasteiger partial charge in [0.25, 0.3) is 5.91 Å². The van der Waals surface area contributed by atoms with Gasteiger partial charge in [-0.15, -0.1) is 0 Å². The van der Waals surface area contributed by atoms with Crippen molar-refractivity contribution in [2.45, 2.75) is 12.5 Å². The highest BCUT2D eigenvalue weighted by Crippen LogP contribution is 2.26. The molecule has 4 aromatic rings. The Kier molecular flexibility index (Phi) is 5.29. The molecule has 1 N–H and O–H groups in total. The quantitative estimate of drug-likeness (QED) is 0.506. The van der Waals surface area contributed by atoms with Crippen molar-refractivity contribution in [3.63, 3.8) is 0 Å². The molecule has 0 aliphatic carbocycles. The van der Waals surface area contributed by atoms with Gasteiger partial charge in [0.2, 0.25) is 0 Å². The molecular weight excluding hydrogens is 404 g/mol. The SMILES string of the molecule is COc1ccc(-n2c(C(=O)NCC3CC(c4ccncc4)=NO3)cc3ccccc32)cc1. The number of rotatable bonds is 6. The summed E-state index contributed by atoms with van der Waals surface area (Å²) in [4.78, 5) is 22.7. The van der Waals surface area contributed by atoms with E-state index in [0.717, 1.165) is 33.6 Å².